The zero-order chi connectivity index (χ0) is 20.4. The first kappa shape index (κ1) is 19.5. The van der Waals surface area contributed by atoms with Gasteiger partial charge in [-0.15, -0.1) is 11.3 Å². The lowest BCUT2D eigenvalue weighted by atomic mass is 9.88. The Morgan fingerprint density at radius 1 is 1.24 bits per heavy atom. The lowest BCUT2D eigenvalue weighted by Crippen LogP contribution is -2.38. The fraction of sp³-hybridized carbons (Fsp3) is 0.182. The standard InChI is InChI=1S/C22H19ClN4OS/c1-13-19(20(27-22(28)25-13)16-4-3-5-17(23)10-16)21-26-18(12-29-21)15-8-6-14(7-9-15)11-24-2/h3-10,12,19-20H,2,11H2,1H3,(H,27,28). The zero-order valence-corrected chi connectivity index (χ0v) is 17.4. The van der Waals surface area contributed by atoms with Gasteiger partial charge >= 0.3 is 6.03 Å². The molecule has 0 aliphatic carbocycles. The number of urea groups is 1. The van der Waals surface area contributed by atoms with Crippen LogP contribution in [-0.2, 0) is 6.54 Å². The highest BCUT2D eigenvalue weighted by Gasteiger charge is 2.35. The highest BCUT2D eigenvalue weighted by molar-refractivity contribution is 7.10. The molecule has 1 aliphatic rings. The van der Waals surface area contributed by atoms with Crippen molar-refractivity contribution in [2.24, 2.45) is 9.98 Å². The fourth-order valence-electron chi connectivity index (χ4n) is 3.49. The van der Waals surface area contributed by atoms with Crippen molar-refractivity contribution >= 4 is 41.4 Å². The third kappa shape index (κ3) is 4.13. The summed E-state index contributed by atoms with van der Waals surface area (Å²) in [5.74, 6) is -0.144. The molecule has 2 aromatic carbocycles. The highest BCUT2D eigenvalue weighted by atomic mass is 35.5. The quantitative estimate of drug-likeness (QED) is 0.538. The maximum atomic E-state index is 12.1. The molecule has 0 saturated carbocycles. The summed E-state index contributed by atoms with van der Waals surface area (Å²) >= 11 is 7.75. The number of thiazole rings is 1. The van der Waals surface area contributed by atoms with Crippen molar-refractivity contribution in [3.63, 3.8) is 0 Å². The fourth-order valence-corrected chi connectivity index (χ4v) is 4.71. The average Bonchev–Trinajstić information content (AvgIpc) is 3.18. The van der Waals surface area contributed by atoms with Gasteiger partial charge in [0.25, 0.3) is 0 Å². The number of halogens is 1. The first-order valence-corrected chi connectivity index (χ1v) is 10.4. The molecule has 29 heavy (non-hydrogen) atoms. The van der Waals surface area contributed by atoms with Crippen molar-refractivity contribution < 1.29 is 4.79 Å². The van der Waals surface area contributed by atoms with Gasteiger partial charge in [-0.25, -0.2) is 14.8 Å². The van der Waals surface area contributed by atoms with E-state index in [1.165, 1.54) is 0 Å². The van der Waals surface area contributed by atoms with Crippen LogP contribution in [0.3, 0.4) is 0 Å². The van der Waals surface area contributed by atoms with Gasteiger partial charge in [0.05, 0.1) is 24.2 Å². The van der Waals surface area contributed by atoms with Gasteiger partial charge in [-0.1, -0.05) is 48.0 Å². The first-order chi connectivity index (χ1) is 14.0. The van der Waals surface area contributed by atoms with E-state index in [0.717, 1.165) is 33.1 Å². The Kier molecular flexibility index (Phi) is 5.56. The van der Waals surface area contributed by atoms with Gasteiger partial charge in [0.1, 0.15) is 5.01 Å². The van der Waals surface area contributed by atoms with Crippen LogP contribution in [0, 0.1) is 0 Å². The second kappa shape index (κ2) is 8.27. The predicted molar refractivity (Wildman–Crippen MR) is 119 cm³/mol. The number of carbonyl (C=O) groups excluding carboxylic acids is 1. The predicted octanol–water partition coefficient (Wildman–Crippen LogP) is 5.67. The molecular weight excluding hydrogens is 404 g/mol. The Morgan fingerprint density at radius 2 is 2.03 bits per heavy atom. The normalized spacial score (nSPS) is 18.8. The lowest BCUT2D eigenvalue weighted by Gasteiger charge is -2.30. The molecule has 2 atom stereocenters. The van der Waals surface area contributed by atoms with Crippen molar-refractivity contribution in [1.82, 2.24) is 10.3 Å². The number of rotatable bonds is 5. The number of nitrogens with zero attached hydrogens (tertiary/aromatic N) is 3. The van der Waals surface area contributed by atoms with Crippen molar-refractivity contribution in [2.45, 2.75) is 25.4 Å². The Hall–Kier alpha value is -2.83. The molecule has 1 aliphatic heterocycles. The molecule has 0 saturated heterocycles. The van der Waals surface area contributed by atoms with E-state index in [4.69, 9.17) is 16.6 Å². The molecule has 0 spiro atoms. The largest absolute Gasteiger partial charge is 0.341 e. The second-order valence-corrected chi connectivity index (χ2v) is 8.19. The maximum Gasteiger partial charge on any atom is 0.341 e. The van der Waals surface area contributed by atoms with Crippen molar-refractivity contribution in [3.8, 4) is 11.3 Å². The number of carbonyl (C=O) groups is 1. The van der Waals surface area contributed by atoms with Crippen LogP contribution in [0.25, 0.3) is 11.3 Å². The van der Waals surface area contributed by atoms with E-state index in [1.807, 2.05) is 60.8 Å². The summed E-state index contributed by atoms with van der Waals surface area (Å²) in [7, 11) is 0. The van der Waals surface area contributed by atoms with Crippen LogP contribution in [0.4, 0.5) is 4.79 Å². The molecular formula is C22H19ClN4OS. The van der Waals surface area contributed by atoms with Crippen LogP contribution in [-0.4, -0.2) is 23.4 Å². The first-order valence-electron chi connectivity index (χ1n) is 9.13. The van der Waals surface area contributed by atoms with Gasteiger partial charge in [-0.05, 0) is 36.9 Å². The van der Waals surface area contributed by atoms with Gasteiger partial charge in [0.15, 0.2) is 0 Å². The van der Waals surface area contributed by atoms with E-state index in [1.54, 1.807) is 11.3 Å². The third-order valence-corrected chi connectivity index (χ3v) is 6.04. The highest BCUT2D eigenvalue weighted by Crippen LogP contribution is 2.38. The van der Waals surface area contributed by atoms with Crippen molar-refractivity contribution in [1.29, 1.82) is 0 Å². The summed E-state index contributed by atoms with van der Waals surface area (Å²) in [5.41, 5.74) is 4.72. The summed E-state index contributed by atoms with van der Waals surface area (Å²) in [6.07, 6.45) is 0. The number of aliphatic imine (C=N–C) groups is 2. The number of amides is 2. The molecule has 0 radical (unpaired) electrons. The number of aromatic nitrogens is 1. The van der Waals surface area contributed by atoms with E-state index in [2.05, 4.69) is 22.0 Å². The molecule has 5 nitrogen and oxygen atoms in total. The number of hydrogen-bond acceptors (Lipinski definition) is 4. The molecule has 0 fully saturated rings. The van der Waals surface area contributed by atoms with E-state index in [9.17, 15) is 4.79 Å². The molecule has 0 bridgehead atoms. The smallest absolute Gasteiger partial charge is 0.328 e. The summed E-state index contributed by atoms with van der Waals surface area (Å²) in [4.78, 5) is 25.0. The van der Waals surface area contributed by atoms with Gasteiger partial charge < -0.3 is 5.32 Å². The van der Waals surface area contributed by atoms with Crippen LogP contribution >= 0.6 is 22.9 Å². The number of nitrogens with one attached hydrogen (secondary N) is 1. The van der Waals surface area contributed by atoms with Crippen molar-refractivity contribution in [2.75, 3.05) is 0 Å². The SMILES string of the molecule is C=NCc1ccc(-c2csc(C3C(C)=NC(=O)NC3c3cccc(Cl)c3)n2)cc1. The molecule has 2 amide bonds. The molecule has 2 heterocycles. The molecule has 146 valence electrons. The average molecular weight is 423 g/mol. The summed E-state index contributed by atoms with van der Waals surface area (Å²) in [6, 6.07) is 15.1. The van der Waals surface area contributed by atoms with E-state index in [-0.39, 0.29) is 18.0 Å². The minimum atomic E-state index is -0.341. The Morgan fingerprint density at radius 3 is 2.76 bits per heavy atom. The van der Waals surface area contributed by atoms with Gasteiger partial charge in [-0.2, -0.15) is 0 Å². The molecule has 4 rings (SSSR count). The van der Waals surface area contributed by atoms with Crippen LogP contribution in [0.5, 0.6) is 0 Å². The number of benzene rings is 2. The monoisotopic (exact) mass is 422 g/mol. The Labute approximate surface area is 178 Å². The van der Waals surface area contributed by atoms with Crippen LogP contribution in [0.1, 0.15) is 35.0 Å². The van der Waals surface area contributed by atoms with Crippen LogP contribution in [0.2, 0.25) is 5.02 Å². The summed E-state index contributed by atoms with van der Waals surface area (Å²) < 4.78 is 0. The lowest BCUT2D eigenvalue weighted by molar-refractivity contribution is 0.243. The molecule has 2 unspecified atom stereocenters. The molecule has 3 aromatic rings. The minimum absolute atomic E-state index is 0.144. The summed E-state index contributed by atoms with van der Waals surface area (Å²) in [5, 5.41) is 6.55. The van der Waals surface area contributed by atoms with E-state index in [0.29, 0.717) is 11.6 Å². The van der Waals surface area contributed by atoms with Gasteiger partial charge in [0.2, 0.25) is 0 Å². The number of hydrogen-bond donors (Lipinski definition) is 1. The minimum Gasteiger partial charge on any atom is -0.328 e. The Balaban J connectivity index is 1.69. The summed E-state index contributed by atoms with van der Waals surface area (Å²) in [6.45, 7) is 6.00. The maximum absolute atomic E-state index is 12.1. The van der Waals surface area contributed by atoms with Crippen LogP contribution in [0.15, 0.2) is 63.9 Å². The van der Waals surface area contributed by atoms with Gasteiger partial charge in [-0.3, -0.25) is 4.99 Å². The molecule has 1 N–H and O–H groups in total. The topological polar surface area (TPSA) is 66.7 Å². The van der Waals surface area contributed by atoms with E-state index < -0.39 is 0 Å². The second-order valence-electron chi connectivity index (χ2n) is 6.86. The van der Waals surface area contributed by atoms with E-state index >= 15 is 0 Å². The third-order valence-electron chi connectivity index (χ3n) is 4.88. The van der Waals surface area contributed by atoms with Gasteiger partial charge in [0, 0.05) is 21.7 Å². The van der Waals surface area contributed by atoms with Crippen molar-refractivity contribution in [3.05, 3.63) is 75.1 Å². The Bertz CT molecular complexity index is 1090. The molecule has 1 aromatic heterocycles. The molecule has 7 heteroatoms. The zero-order valence-electron chi connectivity index (χ0n) is 15.8. The van der Waals surface area contributed by atoms with Crippen LogP contribution < -0.4 is 5.32 Å².